The minimum Gasteiger partial charge on any atom is -0.449 e. The number of ether oxygens (including phenoxy) is 1. The van der Waals surface area contributed by atoms with E-state index in [0.717, 1.165) is 17.0 Å². The molecule has 0 aromatic heterocycles. The van der Waals surface area contributed by atoms with Crippen molar-refractivity contribution < 1.29 is 4.74 Å². The molecule has 0 bridgehead atoms. The Balaban J connectivity index is 1.87. The summed E-state index contributed by atoms with van der Waals surface area (Å²) in [5.41, 5.74) is 5.37. The van der Waals surface area contributed by atoms with Crippen LogP contribution < -0.4 is 15.2 Å². The van der Waals surface area contributed by atoms with Crippen molar-refractivity contribution in [1.82, 2.24) is 5.43 Å². The number of para-hydroxylation sites is 2. The van der Waals surface area contributed by atoms with Gasteiger partial charge in [-0.15, -0.1) is 6.58 Å². The van der Waals surface area contributed by atoms with E-state index in [4.69, 9.17) is 4.74 Å². The van der Waals surface area contributed by atoms with Crippen LogP contribution in [0.25, 0.3) is 0 Å². The largest absolute Gasteiger partial charge is 0.449 e. The maximum Gasteiger partial charge on any atom is 0.284 e. The van der Waals surface area contributed by atoms with Gasteiger partial charge in [-0.1, -0.05) is 42.5 Å². The highest BCUT2D eigenvalue weighted by Crippen LogP contribution is 2.25. The molecule has 0 saturated carbocycles. The van der Waals surface area contributed by atoms with Crippen molar-refractivity contribution in [3.05, 3.63) is 72.8 Å². The molecule has 4 nitrogen and oxygen atoms in total. The lowest BCUT2D eigenvalue weighted by Crippen LogP contribution is -2.50. The number of hydrogen-bond acceptors (Lipinski definition) is 4. The van der Waals surface area contributed by atoms with Gasteiger partial charge in [0.25, 0.3) is 6.35 Å². The standard InChI is InChI=1S/C17H17N3O/c1-2-12-19-20-16-11-7-6-8-14(16)13-18-17(20)21-15-9-4-3-5-10-15/h2-11,13,17,19H,1,12H2. The molecule has 0 spiro atoms. The van der Waals surface area contributed by atoms with Gasteiger partial charge >= 0.3 is 0 Å². The van der Waals surface area contributed by atoms with Gasteiger partial charge in [0, 0.05) is 18.3 Å². The molecule has 3 rings (SSSR count). The maximum atomic E-state index is 5.95. The quantitative estimate of drug-likeness (QED) is 0.855. The molecular weight excluding hydrogens is 262 g/mol. The van der Waals surface area contributed by atoms with Gasteiger partial charge in [-0.3, -0.25) is 0 Å². The summed E-state index contributed by atoms with van der Waals surface area (Å²) in [6, 6.07) is 17.7. The van der Waals surface area contributed by atoms with Crippen molar-refractivity contribution in [2.45, 2.75) is 6.35 Å². The summed E-state index contributed by atoms with van der Waals surface area (Å²) >= 11 is 0. The van der Waals surface area contributed by atoms with Gasteiger partial charge in [-0.05, 0) is 18.2 Å². The average molecular weight is 279 g/mol. The molecule has 0 amide bonds. The van der Waals surface area contributed by atoms with Gasteiger partial charge in [0.05, 0.1) is 5.69 Å². The highest BCUT2D eigenvalue weighted by Gasteiger charge is 2.24. The number of nitrogens with zero attached hydrogens (tertiary/aromatic N) is 2. The molecule has 21 heavy (non-hydrogen) atoms. The second-order valence-corrected chi connectivity index (χ2v) is 4.62. The summed E-state index contributed by atoms with van der Waals surface area (Å²) in [5.74, 6) is 0.782. The van der Waals surface area contributed by atoms with Crippen molar-refractivity contribution >= 4 is 11.9 Å². The topological polar surface area (TPSA) is 36.9 Å². The van der Waals surface area contributed by atoms with Crippen LogP contribution in [0.4, 0.5) is 5.69 Å². The first-order chi connectivity index (χ1) is 10.4. The Bertz CT molecular complexity index is 639. The number of fused-ring (bicyclic) bond motifs is 1. The second kappa shape index (κ2) is 6.24. The third-order valence-electron chi connectivity index (χ3n) is 3.15. The zero-order chi connectivity index (χ0) is 14.5. The molecule has 0 saturated heterocycles. The van der Waals surface area contributed by atoms with E-state index in [-0.39, 0.29) is 0 Å². The number of benzene rings is 2. The molecule has 2 aromatic rings. The zero-order valence-electron chi connectivity index (χ0n) is 11.6. The summed E-state index contributed by atoms with van der Waals surface area (Å²) in [6.07, 6.45) is 3.21. The van der Waals surface area contributed by atoms with Crippen LogP contribution in [-0.4, -0.2) is 19.1 Å². The van der Waals surface area contributed by atoms with Crippen LogP contribution in [0.1, 0.15) is 5.56 Å². The molecular formula is C17H17N3O. The molecule has 1 atom stereocenters. The first-order valence-electron chi connectivity index (χ1n) is 6.86. The Labute approximate surface area is 124 Å². The van der Waals surface area contributed by atoms with Gasteiger partial charge in [0.2, 0.25) is 0 Å². The number of hydrogen-bond donors (Lipinski definition) is 1. The van der Waals surface area contributed by atoms with Crippen LogP contribution in [0.2, 0.25) is 0 Å². The van der Waals surface area contributed by atoms with Crippen molar-refractivity contribution in [1.29, 1.82) is 0 Å². The molecule has 1 aliphatic rings. The maximum absolute atomic E-state index is 5.95. The van der Waals surface area contributed by atoms with Crippen LogP contribution in [-0.2, 0) is 0 Å². The first-order valence-corrected chi connectivity index (χ1v) is 6.86. The van der Waals surface area contributed by atoms with Gasteiger partial charge in [-0.25, -0.2) is 15.4 Å². The number of anilines is 1. The van der Waals surface area contributed by atoms with Crippen LogP contribution >= 0.6 is 0 Å². The molecule has 1 heterocycles. The van der Waals surface area contributed by atoms with Crippen molar-refractivity contribution in [2.75, 3.05) is 11.6 Å². The van der Waals surface area contributed by atoms with E-state index in [1.54, 1.807) is 6.08 Å². The minimum absolute atomic E-state index is 0.442. The molecule has 0 radical (unpaired) electrons. The normalized spacial score (nSPS) is 16.4. The van der Waals surface area contributed by atoms with Crippen molar-refractivity contribution in [3.63, 3.8) is 0 Å². The van der Waals surface area contributed by atoms with Crippen molar-refractivity contribution in [3.8, 4) is 5.75 Å². The Hall–Kier alpha value is -2.59. The lowest BCUT2D eigenvalue weighted by atomic mass is 10.1. The first kappa shape index (κ1) is 13.4. The van der Waals surface area contributed by atoms with E-state index < -0.39 is 6.35 Å². The highest BCUT2D eigenvalue weighted by atomic mass is 16.5. The summed E-state index contributed by atoms with van der Waals surface area (Å²) in [6.45, 7) is 4.38. The van der Waals surface area contributed by atoms with E-state index >= 15 is 0 Å². The number of rotatable bonds is 5. The number of aliphatic imine (C=N–C) groups is 1. The van der Waals surface area contributed by atoms with Gasteiger partial charge < -0.3 is 4.74 Å². The molecule has 4 heteroatoms. The molecule has 0 aliphatic carbocycles. The Morgan fingerprint density at radius 1 is 1.14 bits per heavy atom. The van der Waals surface area contributed by atoms with Crippen LogP contribution in [0, 0.1) is 0 Å². The van der Waals surface area contributed by atoms with Crippen LogP contribution in [0.15, 0.2) is 72.2 Å². The summed E-state index contributed by atoms with van der Waals surface area (Å²) in [4.78, 5) is 4.48. The van der Waals surface area contributed by atoms with E-state index in [1.165, 1.54) is 0 Å². The third kappa shape index (κ3) is 2.95. The fraction of sp³-hybridized carbons (Fsp3) is 0.118. The van der Waals surface area contributed by atoms with Crippen LogP contribution in [0.3, 0.4) is 0 Å². The van der Waals surface area contributed by atoms with Gasteiger partial charge in [0.1, 0.15) is 5.75 Å². The highest BCUT2D eigenvalue weighted by molar-refractivity contribution is 5.89. The SMILES string of the molecule is C=CCNN1c2ccccc2C=NC1Oc1ccccc1. The van der Waals surface area contributed by atoms with E-state index in [9.17, 15) is 0 Å². The molecule has 106 valence electrons. The van der Waals surface area contributed by atoms with Crippen LogP contribution in [0.5, 0.6) is 5.75 Å². The van der Waals surface area contributed by atoms with Gasteiger partial charge in [0.15, 0.2) is 0 Å². The fourth-order valence-electron chi connectivity index (χ4n) is 2.18. The van der Waals surface area contributed by atoms with E-state index in [1.807, 2.05) is 65.8 Å². The Morgan fingerprint density at radius 3 is 2.71 bits per heavy atom. The summed E-state index contributed by atoms with van der Waals surface area (Å²) in [7, 11) is 0. The Morgan fingerprint density at radius 2 is 1.90 bits per heavy atom. The lowest BCUT2D eigenvalue weighted by molar-refractivity contribution is 0.191. The number of nitrogens with one attached hydrogen (secondary N) is 1. The third-order valence-corrected chi connectivity index (χ3v) is 3.15. The molecule has 1 N–H and O–H groups in total. The lowest BCUT2D eigenvalue weighted by Gasteiger charge is -2.34. The molecule has 2 aromatic carbocycles. The van der Waals surface area contributed by atoms with Gasteiger partial charge in [-0.2, -0.15) is 0 Å². The summed E-state index contributed by atoms with van der Waals surface area (Å²) in [5, 5.41) is 1.92. The van der Waals surface area contributed by atoms with E-state index in [2.05, 4.69) is 17.0 Å². The second-order valence-electron chi connectivity index (χ2n) is 4.62. The zero-order valence-corrected chi connectivity index (χ0v) is 11.6. The predicted molar refractivity (Wildman–Crippen MR) is 85.6 cm³/mol. The monoisotopic (exact) mass is 279 g/mol. The number of hydrazine groups is 1. The molecule has 0 fully saturated rings. The minimum atomic E-state index is -0.442. The molecule has 1 aliphatic heterocycles. The molecule has 1 unspecified atom stereocenters. The average Bonchev–Trinajstić information content (AvgIpc) is 2.55. The Kier molecular flexibility index (Phi) is 3.98. The van der Waals surface area contributed by atoms with Crippen molar-refractivity contribution in [2.24, 2.45) is 4.99 Å². The smallest absolute Gasteiger partial charge is 0.284 e. The summed E-state index contributed by atoms with van der Waals surface area (Å²) < 4.78 is 5.95. The fourth-order valence-corrected chi connectivity index (χ4v) is 2.18. The van der Waals surface area contributed by atoms with E-state index in [0.29, 0.717) is 6.54 Å². The predicted octanol–water partition coefficient (Wildman–Crippen LogP) is 2.98.